The number of nitrogens with one attached hydrogen (secondary N) is 2. The highest BCUT2D eigenvalue weighted by Crippen LogP contribution is 2.33. The van der Waals surface area contributed by atoms with E-state index in [-0.39, 0.29) is 11.9 Å². The average molecular weight is 375 g/mol. The Balaban J connectivity index is 1.43. The summed E-state index contributed by atoms with van der Waals surface area (Å²) in [5.41, 5.74) is 4.20. The molecule has 5 rings (SSSR count). The summed E-state index contributed by atoms with van der Waals surface area (Å²) >= 11 is 0. The summed E-state index contributed by atoms with van der Waals surface area (Å²) in [6.45, 7) is 4.64. The molecule has 1 amide bonds. The predicted molar refractivity (Wildman–Crippen MR) is 105 cm³/mol. The number of rotatable bonds is 3. The van der Waals surface area contributed by atoms with Crippen molar-refractivity contribution in [3.05, 3.63) is 59.2 Å². The van der Waals surface area contributed by atoms with Gasteiger partial charge in [0.1, 0.15) is 17.3 Å². The fourth-order valence-corrected chi connectivity index (χ4v) is 3.88. The number of carbonyl (C=O) groups excluding carboxylic acids is 1. The van der Waals surface area contributed by atoms with Gasteiger partial charge in [-0.2, -0.15) is 5.10 Å². The number of amides is 1. The minimum Gasteiger partial charge on any atom is -0.460 e. The Morgan fingerprint density at radius 3 is 2.93 bits per heavy atom. The van der Waals surface area contributed by atoms with E-state index in [1.54, 1.807) is 6.07 Å². The van der Waals surface area contributed by atoms with E-state index in [1.165, 1.54) is 5.56 Å². The predicted octanol–water partition coefficient (Wildman–Crippen LogP) is 4.14. The molecule has 4 heterocycles. The molecule has 1 saturated heterocycles. The van der Waals surface area contributed by atoms with Crippen LogP contribution in [0.15, 0.2) is 40.8 Å². The van der Waals surface area contributed by atoms with Crippen molar-refractivity contribution in [1.82, 2.24) is 25.1 Å². The van der Waals surface area contributed by atoms with Crippen LogP contribution in [-0.2, 0) is 0 Å². The van der Waals surface area contributed by atoms with E-state index >= 15 is 0 Å². The van der Waals surface area contributed by atoms with Gasteiger partial charge in [0.15, 0.2) is 11.5 Å². The maximum atomic E-state index is 13.1. The second-order valence-electron chi connectivity index (χ2n) is 7.38. The van der Waals surface area contributed by atoms with Crippen LogP contribution in [0.5, 0.6) is 0 Å². The number of carbonyl (C=O) groups is 1. The number of nitrogens with zero attached hydrogens (tertiary/aromatic N) is 3. The molecule has 4 aromatic rings. The molecular weight excluding hydrogens is 354 g/mol. The number of imidazole rings is 1. The molecule has 0 aliphatic carbocycles. The van der Waals surface area contributed by atoms with E-state index in [4.69, 9.17) is 9.40 Å². The third kappa shape index (κ3) is 2.79. The Bertz CT molecular complexity index is 1170. The van der Waals surface area contributed by atoms with Crippen LogP contribution in [0.3, 0.4) is 0 Å². The van der Waals surface area contributed by atoms with Gasteiger partial charge in [-0.05, 0) is 56.5 Å². The number of aromatic amines is 2. The van der Waals surface area contributed by atoms with Gasteiger partial charge in [-0.25, -0.2) is 4.98 Å². The molecule has 1 unspecified atom stereocenters. The van der Waals surface area contributed by atoms with Gasteiger partial charge in [0, 0.05) is 12.6 Å². The zero-order chi connectivity index (χ0) is 19.3. The summed E-state index contributed by atoms with van der Waals surface area (Å²) in [7, 11) is 0. The SMILES string of the molecule is Cc1ccc2nc(C3CCCN3C(=O)c3cc(-c4ccc(C)o4)[nH]n3)[nH]c2c1. The van der Waals surface area contributed by atoms with Crippen molar-refractivity contribution in [1.29, 1.82) is 0 Å². The van der Waals surface area contributed by atoms with Crippen molar-refractivity contribution in [3.8, 4) is 11.5 Å². The molecule has 1 aliphatic heterocycles. The molecular formula is C21H21N5O2. The highest BCUT2D eigenvalue weighted by atomic mass is 16.3. The third-order valence-corrected chi connectivity index (χ3v) is 5.29. The lowest BCUT2D eigenvalue weighted by Crippen LogP contribution is -2.31. The maximum absolute atomic E-state index is 13.1. The molecule has 142 valence electrons. The Labute approximate surface area is 161 Å². The molecule has 0 bridgehead atoms. The summed E-state index contributed by atoms with van der Waals surface area (Å²) in [5.74, 6) is 2.24. The fourth-order valence-electron chi connectivity index (χ4n) is 3.88. The molecule has 0 spiro atoms. The number of furan rings is 1. The van der Waals surface area contributed by atoms with Crippen molar-refractivity contribution in [2.24, 2.45) is 0 Å². The number of aryl methyl sites for hydroxylation is 2. The standard InChI is InChI=1S/C21H21N5O2/c1-12-5-7-14-15(10-12)23-20(22-14)18-4-3-9-26(18)21(27)17-11-16(24-25-17)19-8-6-13(2)28-19/h5-8,10-11,18H,3-4,9H2,1-2H3,(H,22,23)(H,24,25). The summed E-state index contributed by atoms with van der Waals surface area (Å²) in [6, 6.07) is 11.6. The van der Waals surface area contributed by atoms with E-state index in [0.29, 0.717) is 23.7 Å². The zero-order valence-electron chi connectivity index (χ0n) is 15.8. The highest BCUT2D eigenvalue weighted by molar-refractivity contribution is 5.93. The number of hydrogen-bond donors (Lipinski definition) is 2. The van der Waals surface area contributed by atoms with Crippen LogP contribution in [0.4, 0.5) is 0 Å². The first kappa shape index (κ1) is 16.8. The largest absolute Gasteiger partial charge is 0.460 e. The van der Waals surface area contributed by atoms with E-state index in [1.807, 2.05) is 36.1 Å². The van der Waals surface area contributed by atoms with Crippen molar-refractivity contribution in [2.45, 2.75) is 32.7 Å². The van der Waals surface area contributed by atoms with Gasteiger partial charge in [-0.3, -0.25) is 9.89 Å². The maximum Gasteiger partial charge on any atom is 0.274 e. The summed E-state index contributed by atoms with van der Waals surface area (Å²) in [5, 5.41) is 7.13. The van der Waals surface area contributed by atoms with Crippen LogP contribution in [0.1, 0.15) is 46.5 Å². The fraction of sp³-hybridized carbons (Fsp3) is 0.286. The van der Waals surface area contributed by atoms with E-state index in [9.17, 15) is 4.79 Å². The minimum atomic E-state index is -0.0927. The van der Waals surface area contributed by atoms with Gasteiger partial charge in [0.2, 0.25) is 0 Å². The first-order chi connectivity index (χ1) is 13.6. The molecule has 28 heavy (non-hydrogen) atoms. The second-order valence-corrected chi connectivity index (χ2v) is 7.38. The molecule has 1 aromatic carbocycles. The number of fused-ring (bicyclic) bond motifs is 1. The molecule has 3 aromatic heterocycles. The monoisotopic (exact) mass is 375 g/mol. The van der Waals surface area contributed by atoms with Crippen LogP contribution in [0.25, 0.3) is 22.5 Å². The van der Waals surface area contributed by atoms with Crippen LogP contribution in [0.2, 0.25) is 0 Å². The molecule has 1 aliphatic rings. The third-order valence-electron chi connectivity index (χ3n) is 5.29. The van der Waals surface area contributed by atoms with Crippen molar-refractivity contribution < 1.29 is 9.21 Å². The van der Waals surface area contributed by atoms with Gasteiger partial charge >= 0.3 is 0 Å². The number of hydrogen-bond acceptors (Lipinski definition) is 4. The van der Waals surface area contributed by atoms with Crippen LogP contribution < -0.4 is 0 Å². The number of likely N-dealkylation sites (tertiary alicyclic amines) is 1. The summed E-state index contributed by atoms with van der Waals surface area (Å²) in [4.78, 5) is 23.1. The number of H-pyrrole nitrogens is 2. The Morgan fingerprint density at radius 2 is 2.11 bits per heavy atom. The van der Waals surface area contributed by atoms with Crippen molar-refractivity contribution in [3.63, 3.8) is 0 Å². The Kier molecular flexibility index (Phi) is 3.82. The summed E-state index contributed by atoms with van der Waals surface area (Å²) in [6.07, 6.45) is 1.83. The van der Waals surface area contributed by atoms with E-state index in [0.717, 1.165) is 35.5 Å². The van der Waals surface area contributed by atoms with Gasteiger partial charge in [0.25, 0.3) is 5.91 Å². The first-order valence-electron chi connectivity index (χ1n) is 9.48. The quantitative estimate of drug-likeness (QED) is 0.563. The number of aromatic nitrogens is 4. The lowest BCUT2D eigenvalue weighted by molar-refractivity contribution is 0.0724. The van der Waals surface area contributed by atoms with Gasteiger partial charge < -0.3 is 14.3 Å². The van der Waals surface area contributed by atoms with Gasteiger partial charge in [-0.1, -0.05) is 6.07 Å². The topological polar surface area (TPSA) is 90.8 Å². The van der Waals surface area contributed by atoms with Crippen LogP contribution in [-0.4, -0.2) is 37.5 Å². The molecule has 0 saturated carbocycles. The van der Waals surface area contributed by atoms with Crippen molar-refractivity contribution >= 4 is 16.9 Å². The lowest BCUT2D eigenvalue weighted by atomic mass is 10.2. The van der Waals surface area contributed by atoms with Gasteiger partial charge in [0.05, 0.1) is 17.1 Å². The molecule has 2 N–H and O–H groups in total. The smallest absolute Gasteiger partial charge is 0.274 e. The molecule has 7 heteroatoms. The van der Waals surface area contributed by atoms with E-state index < -0.39 is 0 Å². The highest BCUT2D eigenvalue weighted by Gasteiger charge is 2.33. The van der Waals surface area contributed by atoms with E-state index in [2.05, 4.69) is 28.2 Å². The second kappa shape index (κ2) is 6.37. The molecule has 1 fully saturated rings. The zero-order valence-corrected chi connectivity index (χ0v) is 15.8. The Morgan fingerprint density at radius 1 is 1.21 bits per heavy atom. The Hall–Kier alpha value is -3.35. The van der Waals surface area contributed by atoms with Gasteiger partial charge in [-0.15, -0.1) is 0 Å². The molecule has 0 radical (unpaired) electrons. The average Bonchev–Trinajstić information content (AvgIpc) is 3.45. The first-order valence-corrected chi connectivity index (χ1v) is 9.48. The normalized spacial score (nSPS) is 16.9. The van der Waals surface area contributed by atoms with Crippen LogP contribution >= 0.6 is 0 Å². The lowest BCUT2D eigenvalue weighted by Gasteiger charge is -2.22. The molecule has 1 atom stereocenters. The molecule has 7 nitrogen and oxygen atoms in total. The number of benzene rings is 1. The van der Waals surface area contributed by atoms with Crippen LogP contribution in [0, 0.1) is 13.8 Å². The van der Waals surface area contributed by atoms with Crippen molar-refractivity contribution in [2.75, 3.05) is 6.54 Å². The minimum absolute atomic E-state index is 0.0637. The summed E-state index contributed by atoms with van der Waals surface area (Å²) < 4.78 is 5.61.